The number of aromatic nitrogens is 1. The number of rotatable bonds is 3. The van der Waals surface area contributed by atoms with Crippen LogP contribution in [0.15, 0.2) is 30.3 Å². The molecule has 0 aliphatic carbocycles. The maximum absolute atomic E-state index is 13.6. The van der Waals surface area contributed by atoms with Crippen LogP contribution in [-0.2, 0) is 6.18 Å². The number of ether oxygens (including phenoxy) is 2. The van der Waals surface area contributed by atoms with Crippen LogP contribution in [-0.4, -0.2) is 16.5 Å². The van der Waals surface area contributed by atoms with Gasteiger partial charge in [-0.25, -0.2) is 0 Å². The number of hydrogen-bond acceptors (Lipinski definition) is 4. The van der Waals surface area contributed by atoms with Gasteiger partial charge in [-0.05, 0) is 38.1 Å². The molecule has 0 saturated carbocycles. The van der Waals surface area contributed by atoms with Gasteiger partial charge in [0.05, 0.1) is 10.5 Å². The molecule has 0 spiro atoms. The number of aromatic hydroxyl groups is 1. The van der Waals surface area contributed by atoms with Crippen molar-refractivity contribution in [3.05, 3.63) is 52.2 Å². The fourth-order valence-corrected chi connectivity index (χ4v) is 2.88. The zero-order valence-corrected chi connectivity index (χ0v) is 16.0. The van der Waals surface area contributed by atoms with Crippen molar-refractivity contribution < 1.29 is 40.9 Å². The first-order valence-corrected chi connectivity index (χ1v) is 8.58. The Balaban J connectivity index is 2.11. The van der Waals surface area contributed by atoms with Crippen molar-refractivity contribution >= 4 is 22.5 Å². The van der Waals surface area contributed by atoms with Gasteiger partial charge in [0.15, 0.2) is 0 Å². The molecule has 0 fully saturated rings. The SMILES string of the molecule is Cc1nc2cc(C(F)(F)F)c(Oc3ccc(OC(F)(F)F)cc3Cl)cc2c(O)c1C. The molecular weight excluding hydrogens is 440 g/mol. The average Bonchev–Trinajstić information content (AvgIpc) is 2.60. The summed E-state index contributed by atoms with van der Waals surface area (Å²) < 4.78 is 86.5. The second-order valence-electron chi connectivity index (χ2n) is 6.28. The third kappa shape index (κ3) is 4.48. The topological polar surface area (TPSA) is 51.6 Å². The van der Waals surface area contributed by atoms with E-state index in [4.69, 9.17) is 16.3 Å². The molecule has 4 nitrogen and oxygen atoms in total. The third-order valence-corrected chi connectivity index (χ3v) is 4.50. The van der Waals surface area contributed by atoms with Crippen molar-refractivity contribution in [3.63, 3.8) is 0 Å². The summed E-state index contributed by atoms with van der Waals surface area (Å²) in [6.07, 6.45) is -9.81. The van der Waals surface area contributed by atoms with Crippen molar-refractivity contribution in [2.45, 2.75) is 26.4 Å². The minimum Gasteiger partial charge on any atom is -0.507 e. The Bertz CT molecular complexity index is 1130. The van der Waals surface area contributed by atoms with E-state index in [0.717, 1.165) is 24.3 Å². The lowest BCUT2D eigenvalue weighted by Gasteiger charge is -2.17. The number of nitrogens with zero attached hydrogens (tertiary/aromatic N) is 1. The van der Waals surface area contributed by atoms with Gasteiger partial charge in [0.1, 0.15) is 28.6 Å². The predicted octanol–water partition coefficient (Wildman–Crippen LogP) is 6.92. The number of halogens is 7. The van der Waals surface area contributed by atoms with Gasteiger partial charge in [-0.3, -0.25) is 4.98 Å². The van der Waals surface area contributed by atoms with Crippen molar-refractivity contribution in [1.82, 2.24) is 4.98 Å². The molecule has 3 aromatic rings. The Kier molecular flexibility index (Phi) is 5.40. The van der Waals surface area contributed by atoms with E-state index >= 15 is 0 Å². The van der Waals surface area contributed by atoms with Crippen LogP contribution >= 0.6 is 11.6 Å². The number of hydrogen-bond donors (Lipinski definition) is 1. The normalized spacial score (nSPS) is 12.3. The highest BCUT2D eigenvalue weighted by Crippen LogP contribution is 2.44. The van der Waals surface area contributed by atoms with E-state index < -0.39 is 34.6 Å². The van der Waals surface area contributed by atoms with Gasteiger partial charge >= 0.3 is 12.5 Å². The van der Waals surface area contributed by atoms with Gasteiger partial charge in [-0.15, -0.1) is 13.2 Å². The number of benzene rings is 2. The van der Waals surface area contributed by atoms with Gasteiger partial charge in [0.25, 0.3) is 0 Å². The van der Waals surface area contributed by atoms with Crippen LogP contribution in [0, 0.1) is 13.8 Å². The summed E-state index contributed by atoms with van der Waals surface area (Å²) in [5, 5.41) is 9.90. The summed E-state index contributed by atoms with van der Waals surface area (Å²) in [6, 6.07) is 4.20. The minimum absolute atomic E-state index is 0.00856. The number of aryl methyl sites for hydroxylation is 1. The van der Waals surface area contributed by atoms with E-state index in [2.05, 4.69) is 9.72 Å². The summed E-state index contributed by atoms with van der Waals surface area (Å²) in [5.41, 5.74) is -0.572. The fourth-order valence-electron chi connectivity index (χ4n) is 2.67. The van der Waals surface area contributed by atoms with E-state index in [9.17, 15) is 31.4 Å². The van der Waals surface area contributed by atoms with Gasteiger partial charge in [-0.2, -0.15) is 13.2 Å². The molecule has 0 radical (unpaired) electrons. The summed E-state index contributed by atoms with van der Waals surface area (Å²) in [5.74, 6) is -1.98. The second kappa shape index (κ2) is 7.42. The average molecular weight is 452 g/mol. The molecule has 0 aliphatic rings. The zero-order chi connectivity index (χ0) is 22.4. The van der Waals surface area contributed by atoms with E-state index in [-0.39, 0.29) is 22.4 Å². The quantitative estimate of drug-likeness (QED) is 0.439. The maximum Gasteiger partial charge on any atom is 0.573 e. The Hall–Kier alpha value is -2.88. The molecule has 0 bridgehead atoms. The first-order chi connectivity index (χ1) is 13.8. The van der Waals surface area contributed by atoms with Gasteiger partial charge in [-0.1, -0.05) is 11.6 Å². The number of alkyl halides is 6. The number of pyridine rings is 1. The Morgan fingerprint density at radius 3 is 2.20 bits per heavy atom. The van der Waals surface area contributed by atoms with Crippen molar-refractivity contribution in [2.24, 2.45) is 0 Å². The van der Waals surface area contributed by atoms with Crippen LogP contribution in [0.2, 0.25) is 5.02 Å². The van der Waals surface area contributed by atoms with Crippen LogP contribution in [0.4, 0.5) is 26.3 Å². The molecule has 1 heterocycles. The smallest absolute Gasteiger partial charge is 0.507 e. The van der Waals surface area contributed by atoms with Gasteiger partial charge in [0, 0.05) is 22.7 Å². The minimum atomic E-state index is -4.96. The molecule has 0 aliphatic heterocycles. The monoisotopic (exact) mass is 451 g/mol. The van der Waals surface area contributed by atoms with Crippen LogP contribution in [0.25, 0.3) is 10.9 Å². The molecule has 0 saturated heterocycles. The van der Waals surface area contributed by atoms with Crippen molar-refractivity contribution in [3.8, 4) is 23.0 Å². The first-order valence-electron chi connectivity index (χ1n) is 8.20. The summed E-state index contributed by atoms with van der Waals surface area (Å²) >= 11 is 5.85. The Labute approximate surface area is 170 Å². The Morgan fingerprint density at radius 2 is 1.63 bits per heavy atom. The molecule has 1 aromatic heterocycles. The molecule has 2 aromatic carbocycles. The number of fused-ring (bicyclic) bond motifs is 1. The van der Waals surface area contributed by atoms with Gasteiger partial charge < -0.3 is 14.6 Å². The van der Waals surface area contributed by atoms with E-state index in [1.807, 2.05) is 0 Å². The predicted molar refractivity (Wildman–Crippen MR) is 96.1 cm³/mol. The maximum atomic E-state index is 13.6. The summed E-state index contributed by atoms with van der Waals surface area (Å²) in [7, 11) is 0. The summed E-state index contributed by atoms with van der Waals surface area (Å²) in [6.45, 7) is 3.09. The third-order valence-electron chi connectivity index (χ3n) is 4.20. The van der Waals surface area contributed by atoms with E-state index in [1.54, 1.807) is 6.92 Å². The van der Waals surface area contributed by atoms with E-state index in [1.165, 1.54) is 6.92 Å². The van der Waals surface area contributed by atoms with E-state index in [0.29, 0.717) is 17.3 Å². The fraction of sp³-hybridized carbons (Fsp3) is 0.211. The lowest BCUT2D eigenvalue weighted by molar-refractivity contribution is -0.274. The first kappa shape index (κ1) is 21.8. The second-order valence-corrected chi connectivity index (χ2v) is 6.68. The largest absolute Gasteiger partial charge is 0.573 e. The van der Waals surface area contributed by atoms with Crippen molar-refractivity contribution in [1.29, 1.82) is 0 Å². The molecule has 0 amide bonds. The van der Waals surface area contributed by atoms with Crippen LogP contribution in [0.1, 0.15) is 16.8 Å². The zero-order valence-electron chi connectivity index (χ0n) is 15.2. The standard InChI is InChI=1S/C19H12ClF6NO3/c1-8-9(2)27-14-7-12(18(21,22)23)16(6-11(14)17(8)28)29-15-4-3-10(5-13(15)20)30-19(24,25)26/h3-7H,1-2H3,(H,27,28). The van der Waals surface area contributed by atoms with Crippen LogP contribution < -0.4 is 9.47 Å². The molecule has 11 heteroatoms. The molecule has 30 heavy (non-hydrogen) atoms. The highest BCUT2D eigenvalue weighted by atomic mass is 35.5. The lowest BCUT2D eigenvalue weighted by atomic mass is 10.1. The summed E-state index contributed by atoms with van der Waals surface area (Å²) in [4.78, 5) is 4.06. The Morgan fingerprint density at radius 1 is 0.967 bits per heavy atom. The molecule has 0 atom stereocenters. The lowest BCUT2D eigenvalue weighted by Crippen LogP contribution is -2.17. The highest BCUT2D eigenvalue weighted by molar-refractivity contribution is 6.32. The molecular formula is C19H12ClF6NO3. The van der Waals surface area contributed by atoms with Crippen molar-refractivity contribution in [2.75, 3.05) is 0 Å². The molecule has 0 unspecified atom stereocenters. The molecule has 3 rings (SSSR count). The molecule has 160 valence electrons. The highest BCUT2D eigenvalue weighted by Gasteiger charge is 2.36. The van der Waals surface area contributed by atoms with Gasteiger partial charge in [0.2, 0.25) is 0 Å². The van der Waals surface area contributed by atoms with Crippen LogP contribution in [0.3, 0.4) is 0 Å². The van der Waals surface area contributed by atoms with Crippen LogP contribution in [0.5, 0.6) is 23.0 Å². The molecule has 1 N–H and O–H groups in total.